The molecule has 2 amide bonds. The van der Waals surface area contributed by atoms with Crippen LogP contribution in [-0.4, -0.2) is 56.5 Å². The number of hydrogen-bond donors (Lipinski definition) is 1. The van der Waals surface area contributed by atoms with Crippen LogP contribution in [0, 0.1) is 5.92 Å². The van der Waals surface area contributed by atoms with Crippen LogP contribution in [0.25, 0.3) is 0 Å². The third-order valence-electron chi connectivity index (χ3n) is 5.45. The van der Waals surface area contributed by atoms with E-state index in [9.17, 15) is 14.4 Å². The molecule has 0 atom stereocenters. The summed E-state index contributed by atoms with van der Waals surface area (Å²) in [7, 11) is 3.03. The Kier molecular flexibility index (Phi) is 7.70. The van der Waals surface area contributed by atoms with Gasteiger partial charge in [0.05, 0.1) is 14.2 Å². The molecule has 1 aliphatic rings. The summed E-state index contributed by atoms with van der Waals surface area (Å²) in [5.41, 5.74) is 0.858. The molecule has 0 saturated carbocycles. The van der Waals surface area contributed by atoms with E-state index in [4.69, 9.17) is 14.2 Å². The van der Waals surface area contributed by atoms with Crippen molar-refractivity contribution in [2.24, 2.45) is 5.92 Å². The Labute approximate surface area is 187 Å². The van der Waals surface area contributed by atoms with Gasteiger partial charge in [-0.15, -0.1) is 0 Å². The first kappa shape index (κ1) is 23.1. The second-order valence-corrected chi connectivity index (χ2v) is 7.60. The van der Waals surface area contributed by atoms with Crippen LogP contribution < -0.4 is 19.5 Å². The van der Waals surface area contributed by atoms with E-state index in [1.54, 1.807) is 47.4 Å². The van der Waals surface area contributed by atoms with E-state index in [2.05, 4.69) is 5.32 Å². The summed E-state index contributed by atoms with van der Waals surface area (Å²) < 4.78 is 15.7. The Balaban J connectivity index is 1.54. The van der Waals surface area contributed by atoms with E-state index in [-0.39, 0.29) is 17.7 Å². The molecule has 0 unspecified atom stereocenters. The van der Waals surface area contributed by atoms with Crippen molar-refractivity contribution < 1.29 is 28.6 Å². The van der Waals surface area contributed by atoms with Gasteiger partial charge in [0.1, 0.15) is 22.8 Å². The molecular weight excluding hydrogens is 412 g/mol. The molecule has 8 nitrogen and oxygen atoms in total. The molecule has 170 valence electrons. The fraction of sp³-hybridized carbons (Fsp3) is 0.375. The zero-order valence-corrected chi connectivity index (χ0v) is 18.6. The number of carbonyl (C=O) groups excluding carboxylic acids is 3. The molecule has 1 fully saturated rings. The Morgan fingerprint density at radius 2 is 1.62 bits per heavy atom. The molecule has 32 heavy (non-hydrogen) atoms. The van der Waals surface area contributed by atoms with Gasteiger partial charge in [0.15, 0.2) is 0 Å². The number of esters is 1. The largest absolute Gasteiger partial charge is 0.496 e. The van der Waals surface area contributed by atoms with Gasteiger partial charge in [0.25, 0.3) is 11.8 Å². The van der Waals surface area contributed by atoms with Gasteiger partial charge in [-0.25, -0.2) is 0 Å². The standard InChI is InChI=1S/C24H28N2O6/c1-16(27)32-19-7-4-6-18(14-19)24(29)26-12-10-17(11-13-26)15-25-23(28)22-20(30-2)8-5-9-21(22)31-3/h4-9,14,17H,10-13,15H2,1-3H3,(H,25,28). The predicted molar refractivity (Wildman–Crippen MR) is 118 cm³/mol. The van der Waals surface area contributed by atoms with Gasteiger partial charge in [0, 0.05) is 32.1 Å². The zero-order chi connectivity index (χ0) is 23.1. The van der Waals surface area contributed by atoms with E-state index in [1.807, 2.05) is 0 Å². The van der Waals surface area contributed by atoms with Crippen molar-refractivity contribution in [1.29, 1.82) is 0 Å². The van der Waals surface area contributed by atoms with Gasteiger partial charge in [-0.1, -0.05) is 12.1 Å². The highest BCUT2D eigenvalue weighted by Crippen LogP contribution is 2.28. The van der Waals surface area contributed by atoms with Crippen LogP contribution in [0.2, 0.25) is 0 Å². The molecule has 1 N–H and O–H groups in total. The molecule has 1 aliphatic heterocycles. The number of benzene rings is 2. The lowest BCUT2D eigenvalue weighted by atomic mass is 9.96. The molecule has 0 aromatic heterocycles. The Morgan fingerprint density at radius 3 is 2.22 bits per heavy atom. The minimum absolute atomic E-state index is 0.0970. The SMILES string of the molecule is COc1cccc(OC)c1C(=O)NCC1CCN(C(=O)c2cccc(OC(C)=O)c2)CC1. The van der Waals surface area contributed by atoms with Crippen molar-refractivity contribution in [3.8, 4) is 17.2 Å². The van der Waals surface area contributed by atoms with Crippen molar-refractivity contribution >= 4 is 17.8 Å². The monoisotopic (exact) mass is 440 g/mol. The Bertz CT molecular complexity index is 960. The lowest BCUT2D eigenvalue weighted by Gasteiger charge is -2.32. The number of rotatable bonds is 7. The summed E-state index contributed by atoms with van der Waals surface area (Å²) in [5.74, 6) is 0.754. The Hall–Kier alpha value is -3.55. The molecule has 1 heterocycles. The van der Waals surface area contributed by atoms with Crippen LogP contribution in [-0.2, 0) is 4.79 Å². The Morgan fingerprint density at radius 1 is 1.00 bits per heavy atom. The highest BCUT2D eigenvalue weighted by molar-refractivity contribution is 5.99. The van der Waals surface area contributed by atoms with Crippen molar-refractivity contribution in [2.45, 2.75) is 19.8 Å². The number of hydrogen-bond acceptors (Lipinski definition) is 6. The van der Waals surface area contributed by atoms with E-state index in [1.165, 1.54) is 21.1 Å². The minimum Gasteiger partial charge on any atom is -0.496 e. The summed E-state index contributed by atoms with van der Waals surface area (Å²) in [4.78, 5) is 38.5. The second kappa shape index (κ2) is 10.7. The van der Waals surface area contributed by atoms with Gasteiger partial charge in [-0.3, -0.25) is 14.4 Å². The van der Waals surface area contributed by atoms with E-state index in [0.29, 0.717) is 48.0 Å². The maximum atomic E-state index is 12.8. The van der Waals surface area contributed by atoms with Crippen LogP contribution >= 0.6 is 0 Å². The van der Waals surface area contributed by atoms with Gasteiger partial charge in [-0.05, 0) is 49.1 Å². The van der Waals surface area contributed by atoms with Gasteiger partial charge < -0.3 is 24.4 Å². The number of likely N-dealkylation sites (tertiary alicyclic amines) is 1. The normalized spacial score (nSPS) is 13.9. The molecule has 0 spiro atoms. The number of methoxy groups -OCH3 is 2. The van der Waals surface area contributed by atoms with E-state index in [0.717, 1.165) is 12.8 Å². The predicted octanol–water partition coefficient (Wildman–Crippen LogP) is 2.91. The van der Waals surface area contributed by atoms with Crippen LogP contribution in [0.3, 0.4) is 0 Å². The van der Waals surface area contributed by atoms with Crippen molar-refractivity contribution in [1.82, 2.24) is 10.2 Å². The highest BCUT2D eigenvalue weighted by atomic mass is 16.5. The molecule has 2 aromatic rings. The van der Waals surface area contributed by atoms with Crippen LogP contribution in [0.1, 0.15) is 40.5 Å². The fourth-order valence-corrected chi connectivity index (χ4v) is 3.78. The summed E-state index contributed by atoms with van der Waals surface area (Å²) in [6.07, 6.45) is 1.55. The third kappa shape index (κ3) is 5.57. The second-order valence-electron chi connectivity index (χ2n) is 7.60. The lowest BCUT2D eigenvalue weighted by Crippen LogP contribution is -2.41. The molecule has 8 heteroatoms. The average molecular weight is 440 g/mol. The van der Waals surface area contributed by atoms with Crippen LogP contribution in [0.5, 0.6) is 17.2 Å². The highest BCUT2D eigenvalue weighted by Gasteiger charge is 2.25. The van der Waals surface area contributed by atoms with E-state index < -0.39 is 5.97 Å². The molecule has 0 aliphatic carbocycles. The number of amides is 2. The summed E-state index contributed by atoms with van der Waals surface area (Å²) in [5, 5.41) is 2.97. The summed E-state index contributed by atoms with van der Waals surface area (Å²) in [6.45, 7) is 3.01. The number of carbonyl (C=O) groups is 3. The first-order valence-corrected chi connectivity index (χ1v) is 10.5. The molecular formula is C24H28N2O6. The lowest BCUT2D eigenvalue weighted by molar-refractivity contribution is -0.131. The number of nitrogens with one attached hydrogen (secondary N) is 1. The molecule has 3 rings (SSSR count). The number of piperidine rings is 1. The van der Waals surface area contributed by atoms with Crippen LogP contribution in [0.15, 0.2) is 42.5 Å². The smallest absolute Gasteiger partial charge is 0.308 e. The molecule has 2 aromatic carbocycles. The summed E-state index contributed by atoms with van der Waals surface area (Å²) >= 11 is 0. The first-order chi connectivity index (χ1) is 15.4. The number of nitrogens with zero attached hydrogens (tertiary/aromatic N) is 1. The maximum absolute atomic E-state index is 12.8. The maximum Gasteiger partial charge on any atom is 0.308 e. The summed E-state index contributed by atoms with van der Waals surface area (Å²) in [6, 6.07) is 11.8. The number of ether oxygens (including phenoxy) is 3. The quantitative estimate of drug-likeness (QED) is 0.526. The first-order valence-electron chi connectivity index (χ1n) is 10.5. The van der Waals surface area contributed by atoms with Crippen molar-refractivity contribution in [3.05, 3.63) is 53.6 Å². The molecule has 0 radical (unpaired) electrons. The van der Waals surface area contributed by atoms with Crippen molar-refractivity contribution in [2.75, 3.05) is 33.9 Å². The van der Waals surface area contributed by atoms with Gasteiger partial charge in [0.2, 0.25) is 0 Å². The molecule has 0 bridgehead atoms. The average Bonchev–Trinajstić information content (AvgIpc) is 2.81. The zero-order valence-electron chi connectivity index (χ0n) is 18.6. The minimum atomic E-state index is -0.428. The third-order valence-corrected chi connectivity index (χ3v) is 5.45. The topological polar surface area (TPSA) is 94.2 Å². The molecule has 1 saturated heterocycles. The van der Waals surface area contributed by atoms with E-state index >= 15 is 0 Å². The van der Waals surface area contributed by atoms with Crippen LogP contribution in [0.4, 0.5) is 0 Å². The van der Waals surface area contributed by atoms with Gasteiger partial charge >= 0.3 is 5.97 Å². The van der Waals surface area contributed by atoms with Crippen molar-refractivity contribution in [3.63, 3.8) is 0 Å². The fourth-order valence-electron chi connectivity index (χ4n) is 3.78. The van der Waals surface area contributed by atoms with Gasteiger partial charge in [-0.2, -0.15) is 0 Å².